The van der Waals surface area contributed by atoms with Crippen LogP contribution in [0.3, 0.4) is 0 Å². The second-order valence-corrected chi connectivity index (χ2v) is 7.19. The Morgan fingerprint density at radius 3 is 2.79 bits per heavy atom. The molecule has 0 unspecified atom stereocenters. The van der Waals surface area contributed by atoms with E-state index >= 15 is 0 Å². The van der Waals surface area contributed by atoms with Crippen LogP contribution in [-0.4, -0.2) is 52.9 Å². The molecule has 1 fully saturated rings. The van der Waals surface area contributed by atoms with Crippen molar-refractivity contribution < 1.29 is 9.13 Å². The molecule has 0 atom stereocenters. The minimum atomic E-state index is -0.393. The van der Waals surface area contributed by atoms with Crippen LogP contribution in [0.15, 0.2) is 30.6 Å². The third-order valence-corrected chi connectivity index (χ3v) is 5.20. The van der Waals surface area contributed by atoms with Gasteiger partial charge in [-0.05, 0) is 13.0 Å². The van der Waals surface area contributed by atoms with Crippen LogP contribution in [0.4, 0.5) is 21.6 Å². The van der Waals surface area contributed by atoms with Gasteiger partial charge in [0.1, 0.15) is 5.75 Å². The number of ether oxygens (including phenoxy) is 1. The summed E-state index contributed by atoms with van der Waals surface area (Å²) in [5.41, 5.74) is 3.59. The normalized spacial score (nSPS) is 14.7. The van der Waals surface area contributed by atoms with Crippen LogP contribution in [0, 0.1) is 12.7 Å². The van der Waals surface area contributed by atoms with Gasteiger partial charge in [0.15, 0.2) is 17.3 Å². The molecule has 1 saturated heterocycles. The molecule has 0 bridgehead atoms. The number of hydrogen-bond donors (Lipinski definition) is 3. The molecule has 4 heterocycles. The number of benzene rings is 1. The molecular weight excluding hydrogens is 373 g/mol. The monoisotopic (exact) mass is 395 g/mol. The van der Waals surface area contributed by atoms with E-state index in [0.29, 0.717) is 22.9 Å². The molecule has 0 aliphatic carbocycles. The van der Waals surface area contributed by atoms with Crippen LogP contribution in [0.2, 0.25) is 0 Å². The van der Waals surface area contributed by atoms with Crippen LogP contribution in [0.25, 0.3) is 16.6 Å². The number of aromatic nitrogens is 4. The lowest BCUT2D eigenvalue weighted by atomic mass is 10.1. The molecule has 0 spiro atoms. The third kappa shape index (κ3) is 3.13. The first-order valence-electron chi connectivity index (χ1n) is 9.56. The Balaban J connectivity index is 1.53. The lowest BCUT2D eigenvalue weighted by Gasteiger charge is -2.29. The average molecular weight is 395 g/mol. The van der Waals surface area contributed by atoms with E-state index in [1.54, 1.807) is 23.9 Å². The molecule has 9 heteroatoms. The van der Waals surface area contributed by atoms with E-state index in [4.69, 9.17) is 4.74 Å². The molecule has 3 aromatic heterocycles. The van der Waals surface area contributed by atoms with Crippen molar-refractivity contribution >= 4 is 33.7 Å². The van der Waals surface area contributed by atoms with E-state index in [-0.39, 0.29) is 0 Å². The minimum absolute atomic E-state index is 0.304. The van der Waals surface area contributed by atoms with Crippen molar-refractivity contribution in [1.82, 2.24) is 24.9 Å². The molecule has 0 amide bonds. The van der Waals surface area contributed by atoms with Gasteiger partial charge in [0, 0.05) is 56.4 Å². The largest absolute Gasteiger partial charge is 0.496 e. The Hall–Kier alpha value is -3.33. The number of aryl methyl sites for hydroxylation is 1. The van der Waals surface area contributed by atoms with Gasteiger partial charge in [-0.1, -0.05) is 0 Å². The highest BCUT2D eigenvalue weighted by Gasteiger charge is 2.18. The fourth-order valence-electron chi connectivity index (χ4n) is 3.85. The number of halogens is 1. The number of rotatable bonds is 4. The SMILES string of the molecule is COc1cc(N2CCNCC2)cc2[nH]nc(Nc3cc(F)c4nc(C)cn4c3)c12. The quantitative estimate of drug-likeness (QED) is 0.493. The number of piperazine rings is 1. The predicted molar refractivity (Wildman–Crippen MR) is 111 cm³/mol. The van der Waals surface area contributed by atoms with Crippen molar-refractivity contribution in [2.24, 2.45) is 0 Å². The first-order valence-corrected chi connectivity index (χ1v) is 9.56. The first-order chi connectivity index (χ1) is 14.1. The zero-order chi connectivity index (χ0) is 20.0. The van der Waals surface area contributed by atoms with Crippen LogP contribution in [0.5, 0.6) is 5.75 Å². The maximum Gasteiger partial charge on any atom is 0.173 e. The number of hydrogen-bond acceptors (Lipinski definition) is 6. The number of pyridine rings is 1. The fourth-order valence-corrected chi connectivity index (χ4v) is 3.85. The topological polar surface area (TPSA) is 82.5 Å². The van der Waals surface area contributed by atoms with E-state index in [1.807, 2.05) is 13.0 Å². The Morgan fingerprint density at radius 2 is 2.00 bits per heavy atom. The highest BCUT2D eigenvalue weighted by atomic mass is 19.1. The van der Waals surface area contributed by atoms with Gasteiger partial charge in [0.2, 0.25) is 0 Å². The van der Waals surface area contributed by atoms with Gasteiger partial charge in [-0.3, -0.25) is 5.10 Å². The summed E-state index contributed by atoms with van der Waals surface area (Å²) in [6.45, 7) is 5.63. The molecule has 1 aliphatic heterocycles. The van der Waals surface area contributed by atoms with Gasteiger partial charge < -0.3 is 24.7 Å². The van der Waals surface area contributed by atoms with E-state index in [2.05, 4.69) is 36.8 Å². The predicted octanol–water partition coefficient (Wildman–Crippen LogP) is 2.82. The van der Waals surface area contributed by atoms with Gasteiger partial charge in [0.25, 0.3) is 0 Å². The maximum absolute atomic E-state index is 14.4. The second kappa shape index (κ2) is 6.93. The van der Waals surface area contributed by atoms with E-state index in [0.717, 1.165) is 48.5 Å². The van der Waals surface area contributed by atoms with Crippen molar-refractivity contribution in [3.63, 3.8) is 0 Å². The molecule has 1 aromatic carbocycles. The number of imidazole rings is 1. The van der Waals surface area contributed by atoms with Gasteiger partial charge in [0.05, 0.1) is 29.4 Å². The summed E-state index contributed by atoms with van der Waals surface area (Å²) in [5.74, 6) is 0.905. The number of nitrogens with one attached hydrogen (secondary N) is 3. The Morgan fingerprint density at radius 1 is 1.17 bits per heavy atom. The summed E-state index contributed by atoms with van der Waals surface area (Å²) in [4.78, 5) is 6.51. The Bertz CT molecular complexity index is 1190. The van der Waals surface area contributed by atoms with Crippen LogP contribution >= 0.6 is 0 Å². The zero-order valence-electron chi connectivity index (χ0n) is 16.3. The molecule has 29 heavy (non-hydrogen) atoms. The van der Waals surface area contributed by atoms with Gasteiger partial charge >= 0.3 is 0 Å². The molecule has 150 valence electrons. The summed E-state index contributed by atoms with van der Waals surface area (Å²) in [6.07, 6.45) is 3.58. The zero-order valence-corrected chi connectivity index (χ0v) is 16.3. The lowest BCUT2D eigenvalue weighted by molar-refractivity contribution is 0.420. The van der Waals surface area contributed by atoms with Crippen LogP contribution in [-0.2, 0) is 0 Å². The van der Waals surface area contributed by atoms with Crippen molar-refractivity contribution in [1.29, 1.82) is 0 Å². The van der Waals surface area contributed by atoms with Gasteiger partial charge in [-0.25, -0.2) is 9.37 Å². The second-order valence-electron chi connectivity index (χ2n) is 7.19. The first kappa shape index (κ1) is 17.7. The summed E-state index contributed by atoms with van der Waals surface area (Å²) in [5, 5.41) is 14.9. The molecule has 4 aromatic rings. The van der Waals surface area contributed by atoms with Crippen molar-refractivity contribution in [2.75, 3.05) is 43.5 Å². The van der Waals surface area contributed by atoms with Crippen molar-refractivity contribution in [3.05, 3.63) is 42.1 Å². The summed E-state index contributed by atoms with van der Waals surface area (Å²) in [7, 11) is 1.65. The summed E-state index contributed by atoms with van der Waals surface area (Å²) >= 11 is 0. The smallest absolute Gasteiger partial charge is 0.173 e. The minimum Gasteiger partial charge on any atom is -0.496 e. The highest BCUT2D eigenvalue weighted by Crippen LogP contribution is 2.36. The summed E-state index contributed by atoms with van der Waals surface area (Å²) < 4.78 is 21.7. The molecule has 1 aliphatic rings. The number of methoxy groups -OCH3 is 1. The molecular formula is C20H22FN7O. The summed E-state index contributed by atoms with van der Waals surface area (Å²) in [6, 6.07) is 5.52. The molecule has 5 rings (SSSR count). The number of nitrogens with zero attached hydrogens (tertiary/aromatic N) is 4. The fraction of sp³-hybridized carbons (Fsp3) is 0.300. The molecule has 3 N–H and O–H groups in total. The van der Waals surface area contributed by atoms with E-state index < -0.39 is 5.82 Å². The van der Waals surface area contributed by atoms with Gasteiger partial charge in [-0.2, -0.15) is 5.10 Å². The molecule has 0 saturated carbocycles. The van der Waals surface area contributed by atoms with E-state index in [9.17, 15) is 4.39 Å². The lowest BCUT2D eigenvalue weighted by Crippen LogP contribution is -2.43. The van der Waals surface area contributed by atoms with Crippen molar-refractivity contribution in [3.8, 4) is 5.75 Å². The Kier molecular flexibility index (Phi) is 4.24. The third-order valence-electron chi connectivity index (χ3n) is 5.20. The number of aromatic amines is 1. The standard InChI is InChI=1S/C20H22FN7O/c1-12-10-28-11-13(7-15(21)20(28)23-12)24-19-18-16(25-26-19)8-14(9-17(18)29-2)27-5-3-22-4-6-27/h7-11,22H,3-6H2,1-2H3,(H2,24,25,26). The maximum atomic E-state index is 14.4. The van der Waals surface area contributed by atoms with Crippen molar-refractivity contribution in [2.45, 2.75) is 6.92 Å². The van der Waals surface area contributed by atoms with Gasteiger partial charge in [-0.15, -0.1) is 0 Å². The Labute approximate surface area is 166 Å². The highest BCUT2D eigenvalue weighted by molar-refractivity contribution is 5.98. The average Bonchev–Trinajstić information content (AvgIpc) is 3.31. The van der Waals surface area contributed by atoms with Crippen LogP contribution in [0.1, 0.15) is 5.69 Å². The van der Waals surface area contributed by atoms with Crippen LogP contribution < -0.4 is 20.3 Å². The number of fused-ring (bicyclic) bond motifs is 2. The number of H-pyrrole nitrogens is 1. The van der Waals surface area contributed by atoms with E-state index in [1.165, 1.54) is 6.07 Å². The number of anilines is 3. The molecule has 8 nitrogen and oxygen atoms in total. The molecule has 0 radical (unpaired) electrons.